The molecule has 0 bridgehead atoms. The van der Waals surface area contributed by atoms with Gasteiger partial charge in [-0.3, -0.25) is 9.55 Å². The van der Waals surface area contributed by atoms with E-state index in [1.54, 1.807) is 18.2 Å². The predicted octanol–water partition coefficient (Wildman–Crippen LogP) is 4.16. The van der Waals surface area contributed by atoms with Crippen molar-refractivity contribution in [3.8, 4) is 11.6 Å². The van der Waals surface area contributed by atoms with Gasteiger partial charge in [0.2, 0.25) is 5.88 Å². The number of nitrogens with one attached hydrogen (secondary N) is 1. The van der Waals surface area contributed by atoms with E-state index in [1.807, 2.05) is 4.57 Å². The van der Waals surface area contributed by atoms with E-state index in [2.05, 4.69) is 10.3 Å². The van der Waals surface area contributed by atoms with Crippen LogP contribution in [0.4, 0.5) is 14.5 Å². The summed E-state index contributed by atoms with van der Waals surface area (Å²) in [6.07, 6.45) is 0.931. The quantitative estimate of drug-likeness (QED) is 0.331. The number of rotatable bonds is 6. The van der Waals surface area contributed by atoms with Crippen LogP contribution in [-0.4, -0.2) is 32.6 Å². The van der Waals surface area contributed by atoms with E-state index in [4.69, 9.17) is 33.3 Å². The van der Waals surface area contributed by atoms with Crippen LogP contribution in [0.5, 0.6) is 5.88 Å². The highest BCUT2D eigenvalue weighted by molar-refractivity contribution is 7.71. The van der Waals surface area contributed by atoms with Crippen LogP contribution in [0.2, 0.25) is 5.02 Å². The molecule has 0 radical (unpaired) electrons. The zero-order chi connectivity index (χ0) is 21.3. The molecule has 0 saturated heterocycles. The Hall–Kier alpha value is -2.53. The summed E-state index contributed by atoms with van der Waals surface area (Å²) in [6.45, 7) is 1.30. The van der Waals surface area contributed by atoms with Crippen LogP contribution < -0.4 is 5.32 Å². The number of aromatic nitrogens is 3. The summed E-state index contributed by atoms with van der Waals surface area (Å²) < 4.78 is 40.9. The summed E-state index contributed by atoms with van der Waals surface area (Å²) in [5.74, 6) is -1.51. The Bertz CT molecular complexity index is 1150. The first-order valence-electron chi connectivity index (χ1n) is 8.98. The van der Waals surface area contributed by atoms with Crippen LogP contribution in [0.3, 0.4) is 0 Å². The topological polar surface area (TPSA) is 73.5 Å². The van der Waals surface area contributed by atoms with Crippen molar-refractivity contribution >= 4 is 29.5 Å². The monoisotopic (exact) mass is 454 g/mol. The molecule has 4 rings (SSSR count). The van der Waals surface area contributed by atoms with E-state index < -0.39 is 11.6 Å². The van der Waals surface area contributed by atoms with Gasteiger partial charge in [0, 0.05) is 18.3 Å². The Balaban J connectivity index is 1.44. The van der Waals surface area contributed by atoms with Crippen LogP contribution in [0.25, 0.3) is 5.69 Å². The van der Waals surface area contributed by atoms with E-state index in [0.717, 1.165) is 12.3 Å². The summed E-state index contributed by atoms with van der Waals surface area (Å²) in [4.78, 5) is 3.65. The molecule has 0 spiro atoms. The van der Waals surface area contributed by atoms with E-state index in [-0.39, 0.29) is 31.5 Å². The van der Waals surface area contributed by atoms with Gasteiger partial charge in [0.05, 0.1) is 36.7 Å². The Kier molecular flexibility index (Phi) is 6.00. The smallest absolute Gasteiger partial charge is 0.220 e. The second-order valence-electron chi connectivity index (χ2n) is 6.51. The minimum absolute atomic E-state index is 0.000494. The molecule has 30 heavy (non-hydrogen) atoms. The molecule has 0 atom stereocenters. The van der Waals surface area contributed by atoms with Crippen LogP contribution >= 0.6 is 23.8 Å². The van der Waals surface area contributed by atoms with Gasteiger partial charge in [0.15, 0.2) is 4.77 Å². The maximum absolute atomic E-state index is 13.5. The maximum atomic E-state index is 13.5. The SMILES string of the molecule is Oc1c2n(c(=S)n1-c1ccc(NCOCc3ncc(F)cc3F)cc1Cl)CCOC2. The number of benzene rings is 1. The van der Waals surface area contributed by atoms with Crippen molar-refractivity contribution in [2.45, 2.75) is 19.8 Å². The van der Waals surface area contributed by atoms with E-state index in [0.29, 0.717) is 40.0 Å². The summed E-state index contributed by atoms with van der Waals surface area (Å²) in [5, 5.41) is 13.9. The molecule has 3 heterocycles. The summed E-state index contributed by atoms with van der Waals surface area (Å²) in [5.41, 5.74) is 1.80. The standard InChI is InChI=1S/C19H17ClF2N4O3S/c20-13-6-12(24-10-29-8-15-14(22)5-11(21)7-23-15)1-2-16(13)26-18(27)17-9-28-4-3-25(17)19(26)30/h1-2,5-7,24,27H,3-4,8-10H2. The summed E-state index contributed by atoms with van der Waals surface area (Å²) in [7, 11) is 0. The van der Waals surface area contributed by atoms with Crippen molar-refractivity contribution in [3.05, 3.63) is 63.3 Å². The molecule has 0 aliphatic carbocycles. The fourth-order valence-corrected chi connectivity index (χ4v) is 3.77. The lowest BCUT2D eigenvalue weighted by atomic mass is 10.2. The Morgan fingerprint density at radius 3 is 2.90 bits per heavy atom. The normalized spacial score (nSPS) is 13.3. The molecule has 2 aromatic heterocycles. The molecule has 11 heteroatoms. The zero-order valence-electron chi connectivity index (χ0n) is 15.6. The predicted molar refractivity (Wildman–Crippen MR) is 108 cm³/mol. The molecular formula is C19H17ClF2N4O3S. The number of hydrogen-bond acceptors (Lipinski definition) is 6. The minimum atomic E-state index is -0.764. The highest BCUT2D eigenvalue weighted by Crippen LogP contribution is 2.32. The first kappa shape index (κ1) is 20.7. The molecule has 158 valence electrons. The number of halogens is 3. The van der Waals surface area contributed by atoms with Crippen molar-refractivity contribution in [2.75, 3.05) is 18.7 Å². The third-order valence-electron chi connectivity index (χ3n) is 4.61. The maximum Gasteiger partial charge on any atom is 0.220 e. The minimum Gasteiger partial charge on any atom is -0.493 e. The largest absolute Gasteiger partial charge is 0.493 e. The van der Waals surface area contributed by atoms with Gasteiger partial charge in [-0.25, -0.2) is 8.78 Å². The number of imidazole rings is 1. The van der Waals surface area contributed by atoms with Crippen LogP contribution in [-0.2, 0) is 29.2 Å². The number of aromatic hydroxyl groups is 1. The van der Waals surface area contributed by atoms with Crippen LogP contribution in [0, 0.1) is 16.4 Å². The number of anilines is 1. The first-order valence-corrected chi connectivity index (χ1v) is 9.77. The third kappa shape index (κ3) is 4.04. The van der Waals surface area contributed by atoms with E-state index in [9.17, 15) is 13.9 Å². The number of nitrogens with zero attached hydrogens (tertiary/aromatic N) is 3. The van der Waals surface area contributed by atoms with Gasteiger partial charge < -0.3 is 24.5 Å². The lowest BCUT2D eigenvalue weighted by molar-refractivity contribution is 0.0825. The second-order valence-corrected chi connectivity index (χ2v) is 7.28. The molecule has 0 saturated carbocycles. The zero-order valence-corrected chi connectivity index (χ0v) is 17.1. The van der Waals surface area contributed by atoms with Crippen molar-refractivity contribution in [1.29, 1.82) is 0 Å². The summed E-state index contributed by atoms with van der Waals surface area (Å²) in [6, 6.07) is 5.87. The number of ether oxygens (including phenoxy) is 2. The Morgan fingerprint density at radius 2 is 2.17 bits per heavy atom. The van der Waals surface area contributed by atoms with E-state index >= 15 is 0 Å². The molecule has 0 amide bonds. The molecule has 1 aliphatic heterocycles. The Morgan fingerprint density at radius 1 is 1.33 bits per heavy atom. The summed E-state index contributed by atoms with van der Waals surface area (Å²) >= 11 is 11.9. The molecule has 3 aromatic rings. The highest BCUT2D eigenvalue weighted by atomic mass is 35.5. The van der Waals surface area contributed by atoms with Gasteiger partial charge in [0.25, 0.3) is 0 Å². The van der Waals surface area contributed by atoms with Crippen molar-refractivity contribution in [2.24, 2.45) is 0 Å². The van der Waals surface area contributed by atoms with Gasteiger partial charge in [-0.15, -0.1) is 0 Å². The van der Waals surface area contributed by atoms with Gasteiger partial charge in [-0.2, -0.15) is 0 Å². The molecule has 7 nitrogen and oxygen atoms in total. The molecule has 0 unspecified atom stereocenters. The van der Waals surface area contributed by atoms with Gasteiger partial charge in [-0.05, 0) is 30.4 Å². The van der Waals surface area contributed by atoms with Gasteiger partial charge >= 0.3 is 0 Å². The molecule has 1 aliphatic rings. The molecule has 1 aromatic carbocycles. The molecular weight excluding hydrogens is 438 g/mol. The van der Waals surface area contributed by atoms with Crippen LogP contribution in [0.1, 0.15) is 11.4 Å². The van der Waals surface area contributed by atoms with Crippen molar-refractivity contribution in [3.63, 3.8) is 0 Å². The highest BCUT2D eigenvalue weighted by Gasteiger charge is 2.22. The van der Waals surface area contributed by atoms with Crippen molar-refractivity contribution < 1.29 is 23.4 Å². The number of pyridine rings is 1. The Labute approximate surface area is 180 Å². The van der Waals surface area contributed by atoms with Gasteiger partial charge in [0.1, 0.15) is 29.8 Å². The molecule has 0 fully saturated rings. The van der Waals surface area contributed by atoms with Crippen molar-refractivity contribution in [1.82, 2.24) is 14.1 Å². The fourth-order valence-electron chi connectivity index (χ4n) is 3.12. The van der Waals surface area contributed by atoms with Crippen LogP contribution in [0.15, 0.2) is 30.5 Å². The van der Waals surface area contributed by atoms with Gasteiger partial charge in [-0.1, -0.05) is 11.6 Å². The van der Waals surface area contributed by atoms with E-state index in [1.165, 1.54) is 4.57 Å². The average Bonchev–Trinajstić information content (AvgIpc) is 2.98. The number of fused-ring (bicyclic) bond motifs is 1. The lowest BCUT2D eigenvalue weighted by Gasteiger charge is -2.14. The first-order chi connectivity index (χ1) is 14.5. The lowest BCUT2D eigenvalue weighted by Crippen LogP contribution is -2.16. The number of hydrogen-bond donors (Lipinski definition) is 2. The second kappa shape index (κ2) is 8.68. The molecule has 2 N–H and O–H groups in total. The fraction of sp³-hybridized carbons (Fsp3) is 0.263. The third-order valence-corrected chi connectivity index (χ3v) is 5.31. The average molecular weight is 455 g/mol.